The molecule has 240 valence electrons. The molecule has 0 saturated heterocycles. The number of benzene rings is 5. The molecule has 48 heavy (non-hydrogen) atoms. The van der Waals surface area contributed by atoms with Crippen molar-refractivity contribution in [2.45, 2.75) is 30.4 Å². The number of rotatable bonds is 12. The quantitative estimate of drug-likeness (QED) is 0.0712. The minimum atomic E-state index is -0.493. The van der Waals surface area contributed by atoms with Gasteiger partial charge in [-0.3, -0.25) is 19.2 Å². The number of anilines is 2. The second kappa shape index (κ2) is 16.2. The smallest absolute Gasteiger partial charge is 0.272 e. The molecule has 8 heteroatoms. The van der Waals surface area contributed by atoms with Gasteiger partial charge in [0.15, 0.2) is 5.78 Å². The van der Waals surface area contributed by atoms with Crippen molar-refractivity contribution >= 4 is 52.7 Å². The van der Waals surface area contributed by atoms with Gasteiger partial charge in [0.2, 0.25) is 5.91 Å². The molecule has 0 spiro atoms. The van der Waals surface area contributed by atoms with E-state index < -0.39 is 17.1 Å². The summed E-state index contributed by atoms with van der Waals surface area (Å²) in [6, 6.07) is 40.4. The Hall–Kier alpha value is -5.73. The Kier molecular flexibility index (Phi) is 11.4. The van der Waals surface area contributed by atoms with Gasteiger partial charge in [0.25, 0.3) is 11.8 Å². The van der Waals surface area contributed by atoms with Crippen molar-refractivity contribution in [3.05, 3.63) is 156 Å². The number of hydrogen-bond acceptors (Lipinski definition) is 5. The van der Waals surface area contributed by atoms with Crippen LogP contribution in [-0.4, -0.2) is 28.8 Å². The van der Waals surface area contributed by atoms with Crippen molar-refractivity contribution in [3.8, 4) is 11.1 Å². The molecule has 7 nitrogen and oxygen atoms in total. The summed E-state index contributed by atoms with van der Waals surface area (Å²) in [5, 5.41) is 8.21. The van der Waals surface area contributed by atoms with Crippen molar-refractivity contribution < 1.29 is 19.2 Å². The fourth-order valence-electron chi connectivity index (χ4n) is 4.85. The molecule has 5 rings (SSSR count). The Morgan fingerprint density at radius 1 is 0.667 bits per heavy atom. The lowest BCUT2D eigenvalue weighted by Gasteiger charge is -2.16. The van der Waals surface area contributed by atoms with Gasteiger partial charge >= 0.3 is 0 Å². The Morgan fingerprint density at radius 2 is 1.31 bits per heavy atom. The van der Waals surface area contributed by atoms with Gasteiger partial charge in [0, 0.05) is 27.4 Å². The molecular formula is C40H35N3O4S. The highest BCUT2D eigenvalue weighted by atomic mass is 32.2. The standard InChI is InChI=1S/C40H35N3O4S/c1-3-37(40(47)41-33-23-21-29(22-24-33)27(2)44)48-35-16-10-15-34(26-35)42-39(46)36(43-38(45)32-13-8-5-9-14-32)25-28-17-19-31(20-18-28)30-11-6-4-7-12-30/h4-26,37H,3H2,1-2H3,(H,41,47)(H,42,46)(H,43,45)/b36-25+. The van der Waals surface area contributed by atoms with Crippen LogP contribution in [0, 0.1) is 0 Å². The molecular weight excluding hydrogens is 619 g/mol. The third kappa shape index (κ3) is 9.18. The van der Waals surface area contributed by atoms with E-state index in [0.717, 1.165) is 21.6 Å². The number of amides is 3. The van der Waals surface area contributed by atoms with Crippen LogP contribution in [0.4, 0.5) is 11.4 Å². The second-order valence-corrected chi connectivity index (χ2v) is 12.3. The van der Waals surface area contributed by atoms with E-state index in [2.05, 4.69) is 16.0 Å². The lowest BCUT2D eigenvalue weighted by atomic mass is 10.0. The van der Waals surface area contributed by atoms with Gasteiger partial charge in [0.1, 0.15) is 5.70 Å². The average Bonchev–Trinajstić information content (AvgIpc) is 3.11. The highest BCUT2D eigenvalue weighted by Crippen LogP contribution is 2.29. The first-order valence-electron chi connectivity index (χ1n) is 15.5. The SMILES string of the molecule is CCC(Sc1cccc(NC(=O)/C(=C\c2ccc(-c3ccccc3)cc2)NC(=O)c2ccccc2)c1)C(=O)Nc1ccc(C(C)=O)cc1. The molecule has 3 amide bonds. The topological polar surface area (TPSA) is 104 Å². The fourth-order valence-corrected chi connectivity index (χ4v) is 5.87. The lowest BCUT2D eigenvalue weighted by Crippen LogP contribution is -2.30. The van der Waals surface area contributed by atoms with Crippen molar-refractivity contribution in [2.75, 3.05) is 10.6 Å². The summed E-state index contributed by atoms with van der Waals surface area (Å²) in [5.41, 5.74) is 5.05. The summed E-state index contributed by atoms with van der Waals surface area (Å²) in [7, 11) is 0. The number of ketones is 1. The summed E-state index contributed by atoms with van der Waals surface area (Å²) < 4.78 is 0. The first-order valence-corrected chi connectivity index (χ1v) is 16.4. The van der Waals surface area contributed by atoms with Crippen LogP contribution in [0.5, 0.6) is 0 Å². The zero-order chi connectivity index (χ0) is 33.9. The minimum Gasteiger partial charge on any atom is -0.325 e. The molecule has 0 bridgehead atoms. The van der Waals surface area contributed by atoms with Gasteiger partial charge < -0.3 is 16.0 Å². The zero-order valence-corrected chi connectivity index (χ0v) is 27.4. The number of Topliss-reactive ketones (excluding diaryl/α,β-unsaturated/α-hetero) is 1. The third-order valence-electron chi connectivity index (χ3n) is 7.45. The molecule has 3 N–H and O–H groups in total. The van der Waals surface area contributed by atoms with E-state index in [0.29, 0.717) is 28.9 Å². The van der Waals surface area contributed by atoms with E-state index in [1.54, 1.807) is 72.8 Å². The van der Waals surface area contributed by atoms with E-state index in [4.69, 9.17) is 0 Å². The van der Waals surface area contributed by atoms with E-state index >= 15 is 0 Å². The normalized spacial score (nSPS) is 11.7. The summed E-state index contributed by atoms with van der Waals surface area (Å²) in [4.78, 5) is 52.2. The van der Waals surface area contributed by atoms with Gasteiger partial charge in [-0.1, -0.05) is 85.8 Å². The van der Waals surface area contributed by atoms with E-state index in [9.17, 15) is 19.2 Å². The molecule has 0 aliphatic rings. The molecule has 0 saturated carbocycles. The number of carbonyl (C=O) groups excluding carboxylic acids is 4. The molecule has 0 radical (unpaired) electrons. The predicted octanol–water partition coefficient (Wildman–Crippen LogP) is 8.48. The molecule has 5 aromatic rings. The van der Waals surface area contributed by atoms with Gasteiger partial charge in [-0.05, 0) is 90.7 Å². The van der Waals surface area contributed by atoms with Crippen molar-refractivity contribution in [3.63, 3.8) is 0 Å². The Balaban J connectivity index is 1.31. The summed E-state index contributed by atoms with van der Waals surface area (Å²) in [5.74, 6) is -1.11. The maximum absolute atomic E-state index is 13.7. The second-order valence-electron chi connectivity index (χ2n) is 11.0. The summed E-state index contributed by atoms with van der Waals surface area (Å²) in [6.07, 6.45) is 2.21. The fraction of sp³-hybridized carbons (Fsp3) is 0.100. The van der Waals surface area contributed by atoms with Gasteiger partial charge in [-0.15, -0.1) is 11.8 Å². The monoisotopic (exact) mass is 653 g/mol. The first-order chi connectivity index (χ1) is 23.3. The lowest BCUT2D eigenvalue weighted by molar-refractivity contribution is -0.116. The highest BCUT2D eigenvalue weighted by Gasteiger charge is 2.20. The van der Waals surface area contributed by atoms with Crippen molar-refractivity contribution in [2.24, 2.45) is 0 Å². The predicted molar refractivity (Wildman–Crippen MR) is 194 cm³/mol. The molecule has 1 atom stereocenters. The van der Waals surface area contributed by atoms with Gasteiger partial charge in [-0.2, -0.15) is 0 Å². The van der Waals surface area contributed by atoms with Crippen LogP contribution in [0.2, 0.25) is 0 Å². The van der Waals surface area contributed by atoms with Crippen molar-refractivity contribution in [1.29, 1.82) is 0 Å². The van der Waals surface area contributed by atoms with Crippen LogP contribution in [0.15, 0.2) is 144 Å². The van der Waals surface area contributed by atoms with Crippen LogP contribution in [0.3, 0.4) is 0 Å². The molecule has 0 aliphatic heterocycles. The van der Waals surface area contributed by atoms with Crippen LogP contribution >= 0.6 is 11.8 Å². The average molecular weight is 654 g/mol. The number of thioether (sulfide) groups is 1. The van der Waals surface area contributed by atoms with E-state index in [1.165, 1.54) is 18.7 Å². The highest BCUT2D eigenvalue weighted by molar-refractivity contribution is 8.00. The largest absolute Gasteiger partial charge is 0.325 e. The number of nitrogens with one attached hydrogen (secondary N) is 3. The Labute approximate surface area is 284 Å². The molecule has 0 heterocycles. The van der Waals surface area contributed by atoms with Crippen LogP contribution in [0.1, 0.15) is 46.5 Å². The maximum Gasteiger partial charge on any atom is 0.272 e. The van der Waals surface area contributed by atoms with Gasteiger partial charge in [0.05, 0.1) is 5.25 Å². The summed E-state index contributed by atoms with van der Waals surface area (Å²) in [6.45, 7) is 3.43. The van der Waals surface area contributed by atoms with Gasteiger partial charge in [-0.25, -0.2) is 0 Å². The molecule has 1 unspecified atom stereocenters. The Bertz CT molecular complexity index is 1920. The van der Waals surface area contributed by atoms with Crippen LogP contribution < -0.4 is 16.0 Å². The zero-order valence-electron chi connectivity index (χ0n) is 26.6. The maximum atomic E-state index is 13.7. The van der Waals surface area contributed by atoms with Crippen molar-refractivity contribution in [1.82, 2.24) is 5.32 Å². The molecule has 0 fully saturated rings. The first kappa shape index (κ1) is 33.6. The van der Waals surface area contributed by atoms with Crippen LogP contribution in [-0.2, 0) is 9.59 Å². The third-order valence-corrected chi connectivity index (χ3v) is 8.81. The molecule has 5 aromatic carbocycles. The van der Waals surface area contributed by atoms with Crippen LogP contribution in [0.25, 0.3) is 17.2 Å². The molecule has 0 aliphatic carbocycles. The molecule has 0 aromatic heterocycles. The summed E-state index contributed by atoms with van der Waals surface area (Å²) >= 11 is 1.38. The Morgan fingerprint density at radius 3 is 1.96 bits per heavy atom. The minimum absolute atomic E-state index is 0.0412. The number of carbonyl (C=O) groups is 4. The van der Waals surface area contributed by atoms with E-state index in [1.807, 2.05) is 73.7 Å². The number of hydrogen-bond donors (Lipinski definition) is 3. The van der Waals surface area contributed by atoms with E-state index in [-0.39, 0.29) is 17.4 Å².